The summed E-state index contributed by atoms with van der Waals surface area (Å²) in [5.41, 5.74) is 8.12. The molecule has 2 aromatic rings. The topological polar surface area (TPSA) is 72.2 Å². The normalized spacial score (nSPS) is 11.4. The van der Waals surface area contributed by atoms with E-state index in [4.69, 9.17) is 5.73 Å². The number of hydrogen-bond acceptors (Lipinski definition) is 3. The number of nitrogens with one attached hydrogen (secondary N) is 1. The van der Waals surface area contributed by atoms with Crippen LogP contribution in [0.5, 0.6) is 0 Å². The highest BCUT2D eigenvalue weighted by atomic mass is 79.9. The van der Waals surface area contributed by atoms with Gasteiger partial charge in [-0.2, -0.15) is 0 Å². The van der Waals surface area contributed by atoms with Crippen molar-refractivity contribution >= 4 is 53.3 Å². The average Bonchev–Trinajstić information content (AvgIpc) is 2.36. The maximum atomic E-state index is 12.6. The Kier molecular flexibility index (Phi) is 4.65. The van der Waals surface area contributed by atoms with Crippen LogP contribution >= 0.6 is 31.9 Å². The predicted molar refractivity (Wildman–Crippen MR) is 93.0 cm³/mol. The third-order valence-electron chi connectivity index (χ3n) is 2.96. The minimum Gasteiger partial charge on any atom is -0.397 e. The summed E-state index contributed by atoms with van der Waals surface area (Å²) in [5.74, 6) is 0. The first kappa shape index (κ1) is 16.3. The number of aryl methyl sites for hydroxylation is 2. The fourth-order valence-electron chi connectivity index (χ4n) is 1.89. The third-order valence-corrected chi connectivity index (χ3v) is 5.53. The van der Waals surface area contributed by atoms with Gasteiger partial charge in [-0.25, -0.2) is 8.42 Å². The number of sulfonamides is 1. The van der Waals surface area contributed by atoms with E-state index in [1.54, 1.807) is 31.2 Å². The number of nitrogens with two attached hydrogens (primary N) is 1. The van der Waals surface area contributed by atoms with Crippen LogP contribution in [0.15, 0.2) is 44.2 Å². The lowest BCUT2D eigenvalue weighted by atomic mass is 10.2. The molecule has 0 aromatic heterocycles. The van der Waals surface area contributed by atoms with Crippen molar-refractivity contribution < 1.29 is 8.42 Å². The van der Waals surface area contributed by atoms with E-state index in [0.717, 1.165) is 10.0 Å². The van der Waals surface area contributed by atoms with Gasteiger partial charge in [0, 0.05) is 8.95 Å². The molecule has 2 aromatic carbocycles. The van der Waals surface area contributed by atoms with Crippen molar-refractivity contribution in [1.82, 2.24) is 0 Å². The summed E-state index contributed by atoms with van der Waals surface area (Å²) in [6, 6.07) is 8.67. The summed E-state index contributed by atoms with van der Waals surface area (Å²) >= 11 is 6.62. The Morgan fingerprint density at radius 3 is 2.38 bits per heavy atom. The van der Waals surface area contributed by atoms with Gasteiger partial charge >= 0.3 is 0 Å². The van der Waals surface area contributed by atoms with Crippen LogP contribution in [0.1, 0.15) is 11.1 Å². The van der Waals surface area contributed by atoms with E-state index < -0.39 is 10.0 Å². The SMILES string of the molecule is Cc1ccc(C)c(S(=O)(=O)Nc2c(N)cc(Br)cc2Br)c1. The van der Waals surface area contributed by atoms with Crippen LogP contribution in [0.3, 0.4) is 0 Å². The molecule has 0 saturated heterocycles. The summed E-state index contributed by atoms with van der Waals surface area (Å²) in [6.45, 7) is 3.61. The van der Waals surface area contributed by atoms with E-state index in [0.29, 0.717) is 21.4 Å². The molecule has 0 aliphatic heterocycles. The zero-order valence-electron chi connectivity index (χ0n) is 11.4. The summed E-state index contributed by atoms with van der Waals surface area (Å²) < 4.78 is 29.0. The maximum absolute atomic E-state index is 12.6. The fraction of sp³-hybridized carbons (Fsp3) is 0.143. The van der Waals surface area contributed by atoms with Crippen molar-refractivity contribution in [3.05, 3.63) is 50.4 Å². The minimum absolute atomic E-state index is 0.247. The molecule has 21 heavy (non-hydrogen) atoms. The standard InChI is InChI=1S/C14H14Br2N2O2S/c1-8-3-4-9(2)13(5-8)21(19,20)18-14-11(16)6-10(15)7-12(14)17/h3-7,18H,17H2,1-2H3. The number of hydrogen-bond donors (Lipinski definition) is 2. The molecule has 4 nitrogen and oxygen atoms in total. The van der Waals surface area contributed by atoms with E-state index >= 15 is 0 Å². The van der Waals surface area contributed by atoms with E-state index in [-0.39, 0.29) is 4.90 Å². The van der Waals surface area contributed by atoms with E-state index in [1.807, 2.05) is 13.0 Å². The molecule has 0 atom stereocenters. The first-order valence-electron chi connectivity index (χ1n) is 6.05. The highest BCUT2D eigenvalue weighted by Crippen LogP contribution is 2.34. The molecule has 0 bridgehead atoms. The van der Waals surface area contributed by atoms with Crippen molar-refractivity contribution in [1.29, 1.82) is 0 Å². The van der Waals surface area contributed by atoms with Gasteiger partial charge in [-0.05, 0) is 59.1 Å². The van der Waals surface area contributed by atoms with Crippen LogP contribution < -0.4 is 10.5 Å². The fourth-order valence-corrected chi connectivity index (χ4v) is 4.82. The molecule has 0 saturated carbocycles. The number of nitrogen functional groups attached to an aromatic ring is 1. The number of rotatable bonds is 3. The van der Waals surface area contributed by atoms with Gasteiger partial charge in [0.15, 0.2) is 0 Å². The summed E-state index contributed by atoms with van der Waals surface area (Å²) in [7, 11) is -3.70. The van der Waals surface area contributed by atoms with Gasteiger partial charge in [-0.15, -0.1) is 0 Å². The lowest BCUT2D eigenvalue weighted by Crippen LogP contribution is -2.16. The van der Waals surface area contributed by atoms with Crippen molar-refractivity contribution in [2.45, 2.75) is 18.7 Å². The molecule has 7 heteroatoms. The van der Waals surface area contributed by atoms with Gasteiger partial charge in [-0.1, -0.05) is 28.1 Å². The van der Waals surface area contributed by atoms with Gasteiger partial charge in [0.05, 0.1) is 16.3 Å². The van der Waals surface area contributed by atoms with Crippen LogP contribution in [0, 0.1) is 13.8 Å². The number of anilines is 2. The van der Waals surface area contributed by atoms with Gasteiger partial charge < -0.3 is 5.73 Å². The summed E-state index contributed by atoms with van der Waals surface area (Å²) in [4.78, 5) is 0.247. The van der Waals surface area contributed by atoms with Crippen LogP contribution in [-0.4, -0.2) is 8.42 Å². The molecule has 0 heterocycles. The van der Waals surface area contributed by atoms with Gasteiger partial charge in [0.25, 0.3) is 10.0 Å². The van der Waals surface area contributed by atoms with E-state index in [9.17, 15) is 8.42 Å². The number of halogens is 2. The highest BCUT2D eigenvalue weighted by Gasteiger charge is 2.20. The van der Waals surface area contributed by atoms with Crippen molar-refractivity contribution in [2.24, 2.45) is 0 Å². The lowest BCUT2D eigenvalue weighted by Gasteiger charge is -2.14. The van der Waals surface area contributed by atoms with E-state index in [1.165, 1.54) is 0 Å². The highest BCUT2D eigenvalue weighted by molar-refractivity contribution is 9.11. The van der Waals surface area contributed by atoms with Crippen molar-refractivity contribution in [3.8, 4) is 0 Å². The van der Waals surface area contributed by atoms with Crippen LogP contribution in [0.4, 0.5) is 11.4 Å². The second-order valence-electron chi connectivity index (χ2n) is 4.73. The Morgan fingerprint density at radius 2 is 1.76 bits per heavy atom. The van der Waals surface area contributed by atoms with Gasteiger partial charge in [-0.3, -0.25) is 4.72 Å². The molecule has 2 rings (SSSR count). The number of benzene rings is 2. The Labute approximate surface area is 141 Å². The van der Waals surface area contributed by atoms with Crippen molar-refractivity contribution in [3.63, 3.8) is 0 Å². The maximum Gasteiger partial charge on any atom is 0.262 e. The van der Waals surface area contributed by atoms with Crippen LogP contribution in [0.2, 0.25) is 0 Å². The third kappa shape index (κ3) is 3.59. The summed E-state index contributed by atoms with van der Waals surface area (Å²) in [6.07, 6.45) is 0. The monoisotopic (exact) mass is 432 g/mol. The zero-order valence-corrected chi connectivity index (χ0v) is 15.4. The Balaban J connectivity index is 2.50. The molecule has 3 N–H and O–H groups in total. The smallest absolute Gasteiger partial charge is 0.262 e. The summed E-state index contributed by atoms with van der Waals surface area (Å²) in [5, 5.41) is 0. The average molecular weight is 434 g/mol. The molecule has 0 spiro atoms. The molecular weight excluding hydrogens is 420 g/mol. The molecule has 0 unspecified atom stereocenters. The van der Waals surface area contributed by atoms with Crippen molar-refractivity contribution in [2.75, 3.05) is 10.5 Å². The second-order valence-corrected chi connectivity index (χ2v) is 8.15. The minimum atomic E-state index is -3.70. The lowest BCUT2D eigenvalue weighted by molar-refractivity contribution is 0.600. The Bertz CT molecular complexity index is 782. The molecular formula is C14H14Br2N2O2S. The largest absolute Gasteiger partial charge is 0.397 e. The molecule has 0 amide bonds. The Hall–Kier alpha value is -1.05. The van der Waals surface area contributed by atoms with Crippen LogP contribution in [-0.2, 0) is 10.0 Å². The molecule has 0 aliphatic rings. The predicted octanol–water partition coefficient (Wildman–Crippen LogP) is 4.21. The first-order chi connectivity index (χ1) is 9.70. The zero-order chi connectivity index (χ0) is 15.8. The van der Waals surface area contributed by atoms with Gasteiger partial charge in [0.1, 0.15) is 0 Å². The van der Waals surface area contributed by atoms with Gasteiger partial charge in [0.2, 0.25) is 0 Å². The van der Waals surface area contributed by atoms with E-state index in [2.05, 4.69) is 36.6 Å². The second kappa shape index (κ2) is 5.98. The quantitative estimate of drug-likeness (QED) is 0.712. The molecule has 0 fully saturated rings. The Morgan fingerprint density at radius 1 is 1.10 bits per heavy atom. The van der Waals surface area contributed by atoms with Crippen LogP contribution in [0.25, 0.3) is 0 Å². The first-order valence-corrected chi connectivity index (χ1v) is 9.12. The molecule has 0 aliphatic carbocycles. The molecule has 112 valence electrons. The molecule has 0 radical (unpaired) electrons.